The van der Waals surface area contributed by atoms with E-state index in [2.05, 4.69) is 9.80 Å². The van der Waals surface area contributed by atoms with Gasteiger partial charge in [-0.3, -0.25) is 9.69 Å². The maximum atomic E-state index is 13.4. The number of benzene rings is 1. The maximum Gasteiger partial charge on any atom is 0.226 e. The third kappa shape index (κ3) is 3.87. The summed E-state index contributed by atoms with van der Waals surface area (Å²) < 4.78 is 18.9. The molecule has 1 aromatic carbocycles. The van der Waals surface area contributed by atoms with Crippen molar-refractivity contribution in [2.24, 2.45) is 5.92 Å². The molecule has 3 atom stereocenters. The Morgan fingerprint density at radius 3 is 2.84 bits per heavy atom. The summed E-state index contributed by atoms with van der Waals surface area (Å²) in [6.45, 7) is 5.37. The van der Waals surface area contributed by atoms with E-state index in [1.54, 1.807) is 12.1 Å². The third-order valence-corrected chi connectivity index (χ3v) is 5.87. The van der Waals surface area contributed by atoms with Crippen LogP contribution >= 0.6 is 0 Å². The van der Waals surface area contributed by atoms with Crippen molar-refractivity contribution in [2.45, 2.75) is 37.6 Å². The fourth-order valence-electron chi connectivity index (χ4n) is 4.35. The first kappa shape index (κ1) is 17.0. The van der Waals surface area contributed by atoms with Crippen LogP contribution in [0, 0.1) is 11.7 Å². The van der Waals surface area contributed by atoms with Crippen LogP contribution < -0.4 is 0 Å². The second-order valence-electron chi connectivity index (χ2n) is 7.60. The lowest BCUT2D eigenvalue weighted by atomic mass is 10.00. The molecule has 0 radical (unpaired) electrons. The van der Waals surface area contributed by atoms with Crippen LogP contribution in [0.2, 0.25) is 0 Å². The van der Waals surface area contributed by atoms with Gasteiger partial charge < -0.3 is 9.64 Å². The summed E-state index contributed by atoms with van der Waals surface area (Å²) >= 11 is 0. The first-order chi connectivity index (χ1) is 12.2. The van der Waals surface area contributed by atoms with Crippen LogP contribution in [0.3, 0.4) is 0 Å². The normalized spacial score (nSPS) is 30.3. The summed E-state index contributed by atoms with van der Waals surface area (Å²) in [7, 11) is 0. The Morgan fingerprint density at radius 1 is 1.20 bits per heavy atom. The molecule has 3 fully saturated rings. The Morgan fingerprint density at radius 2 is 2.04 bits per heavy atom. The predicted octanol–water partition coefficient (Wildman–Crippen LogP) is 2.64. The average Bonchev–Trinajstić information content (AvgIpc) is 3.43. The van der Waals surface area contributed by atoms with Gasteiger partial charge in [-0.1, -0.05) is 12.1 Å². The number of halogens is 1. The highest BCUT2D eigenvalue weighted by molar-refractivity contribution is 5.83. The molecule has 1 aromatic rings. The Labute approximate surface area is 148 Å². The van der Waals surface area contributed by atoms with Gasteiger partial charge in [-0.05, 0) is 49.3 Å². The summed E-state index contributed by atoms with van der Waals surface area (Å²) in [5.74, 6) is 0.326. The van der Waals surface area contributed by atoms with Gasteiger partial charge in [0.05, 0.1) is 13.2 Å². The van der Waals surface area contributed by atoms with Gasteiger partial charge in [0.2, 0.25) is 5.91 Å². The van der Waals surface area contributed by atoms with Crippen LogP contribution in [-0.2, 0) is 9.53 Å². The van der Waals surface area contributed by atoms with Gasteiger partial charge in [-0.25, -0.2) is 4.39 Å². The zero-order valence-electron chi connectivity index (χ0n) is 14.7. The number of carbonyl (C=O) groups excluding carboxylic acids is 1. The number of likely N-dealkylation sites (tertiary alicyclic amines) is 1. The highest BCUT2D eigenvalue weighted by Gasteiger charge is 2.47. The first-order valence-electron chi connectivity index (χ1n) is 9.58. The maximum absolute atomic E-state index is 13.4. The topological polar surface area (TPSA) is 32.8 Å². The lowest BCUT2D eigenvalue weighted by Crippen LogP contribution is -2.51. The first-order valence-corrected chi connectivity index (χ1v) is 9.58. The second-order valence-corrected chi connectivity index (χ2v) is 7.60. The number of hydrogen-bond acceptors (Lipinski definition) is 3. The number of rotatable bonds is 4. The molecule has 0 bridgehead atoms. The lowest BCUT2D eigenvalue weighted by molar-refractivity contribution is -0.137. The summed E-state index contributed by atoms with van der Waals surface area (Å²) in [6.07, 6.45) is 4.27. The van der Waals surface area contributed by atoms with Crippen molar-refractivity contribution < 1.29 is 13.9 Å². The van der Waals surface area contributed by atoms with Gasteiger partial charge in [-0.2, -0.15) is 0 Å². The Balaban J connectivity index is 1.39. The van der Waals surface area contributed by atoms with E-state index in [-0.39, 0.29) is 23.6 Å². The molecule has 1 aliphatic carbocycles. The van der Waals surface area contributed by atoms with Gasteiger partial charge in [0.25, 0.3) is 0 Å². The molecule has 1 amide bonds. The smallest absolute Gasteiger partial charge is 0.226 e. The molecular formula is C20H27FN2O2. The van der Waals surface area contributed by atoms with Crippen LogP contribution in [0.1, 0.15) is 37.2 Å². The van der Waals surface area contributed by atoms with Gasteiger partial charge >= 0.3 is 0 Å². The molecule has 0 N–H and O–H groups in total. The van der Waals surface area contributed by atoms with Crippen molar-refractivity contribution in [2.75, 3.05) is 39.4 Å². The standard InChI is InChI=1S/C20H27FN2O2/c21-16-5-3-4-15(12-16)18-13-19(18)20(24)23-7-2-1-6-17(23)14-22-8-10-25-11-9-22/h3-5,12,17-19H,1-2,6-11,13-14H2/t17-,18-,19+/m0/s1. The fraction of sp³-hybridized carbons (Fsp3) is 0.650. The van der Waals surface area contributed by atoms with E-state index >= 15 is 0 Å². The van der Waals surface area contributed by atoms with Crippen molar-refractivity contribution in [1.82, 2.24) is 9.80 Å². The van der Waals surface area contributed by atoms with Crippen LogP contribution in [0.15, 0.2) is 24.3 Å². The van der Waals surface area contributed by atoms with Crippen molar-refractivity contribution in [3.8, 4) is 0 Å². The van der Waals surface area contributed by atoms with Crippen molar-refractivity contribution in [3.05, 3.63) is 35.6 Å². The SMILES string of the molecule is O=C([C@@H]1C[C@H]1c1cccc(F)c1)N1CCCC[C@H]1CN1CCOCC1. The molecule has 4 rings (SSSR count). The van der Waals surface area contributed by atoms with Gasteiger partial charge in [-0.15, -0.1) is 0 Å². The van der Waals surface area contributed by atoms with Crippen LogP contribution in [-0.4, -0.2) is 61.1 Å². The summed E-state index contributed by atoms with van der Waals surface area (Å²) in [5, 5.41) is 0. The zero-order chi connectivity index (χ0) is 17.2. The third-order valence-electron chi connectivity index (χ3n) is 5.87. The molecule has 3 aliphatic rings. The van der Waals surface area contributed by atoms with E-state index < -0.39 is 0 Å². The van der Waals surface area contributed by atoms with Crippen LogP contribution in [0.5, 0.6) is 0 Å². The minimum atomic E-state index is -0.209. The van der Waals surface area contributed by atoms with Crippen molar-refractivity contribution in [1.29, 1.82) is 0 Å². The zero-order valence-corrected chi connectivity index (χ0v) is 14.7. The molecule has 1 saturated carbocycles. The Bertz CT molecular complexity index is 617. The molecule has 0 spiro atoms. The molecule has 2 aliphatic heterocycles. The number of hydrogen-bond donors (Lipinski definition) is 0. The molecule has 5 heteroatoms. The number of carbonyl (C=O) groups is 1. The van der Waals surface area contributed by atoms with E-state index in [0.717, 1.165) is 64.2 Å². The number of morpholine rings is 1. The molecule has 4 nitrogen and oxygen atoms in total. The van der Waals surface area contributed by atoms with Crippen molar-refractivity contribution in [3.63, 3.8) is 0 Å². The minimum Gasteiger partial charge on any atom is -0.379 e. The molecular weight excluding hydrogens is 319 g/mol. The van der Waals surface area contributed by atoms with Crippen LogP contribution in [0.25, 0.3) is 0 Å². The van der Waals surface area contributed by atoms with E-state index in [0.29, 0.717) is 6.04 Å². The number of piperidine rings is 1. The van der Waals surface area contributed by atoms with Crippen LogP contribution in [0.4, 0.5) is 4.39 Å². The Hall–Kier alpha value is -1.46. The number of amides is 1. The van der Waals surface area contributed by atoms with E-state index in [9.17, 15) is 9.18 Å². The number of nitrogens with zero attached hydrogens (tertiary/aromatic N) is 2. The molecule has 0 aromatic heterocycles. The summed E-state index contributed by atoms with van der Waals surface area (Å²) in [5.41, 5.74) is 0.972. The lowest BCUT2D eigenvalue weighted by Gasteiger charge is -2.40. The minimum absolute atomic E-state index is 0.0482. The highest BCUT2D eigenvalue weighted by atomic mass is 19.1. The number of ether oxygens (including phenoxy) is 1. The van der Waals surface area contributed by atoms with Gasteiger partial charge in [0.1, 0.15) is 5.82 Å². The predicted molar refractivity (Wildman–Crippen MR) is 93.9 cm³/mol. The average molecular weight is 346 g/mol. The second kappa shape index (κ2) is 7.42. The Kier molecular flexibility index (Phi) is 5.04. The van der Waals surface area contributed by atoms with E-state index in [4.69, 9.17) is 4.74 Å². The van der Waals surface area contributed by atoms with Gasteiger partial charge in [0.15, 0.2) is 0 Å². The van der Waals surface area contributed by atoms with Crippen molar-refractivity contribution >= 4 is 5.91 Å². The molecule has 2 saturated heterocycles. The summed E-state index contributed by atoms with van der Waals surface area (Å²) in [4.78, 5) is 17.6. The van der Waals surface area contributed by atoms with Gasteiger partial charge in [0, 0.05) is 38.1 Å². The summed E-state index contributed by atoms with van der Waals surface area (Å²) in [6, 6.07) is 7.06. The molecule has 2 heterocycles. The molecule has 136 valence electrons. The molecule has 0 unspecified atom stereocenters. The van der Waals surface area contributed by atoms with E-state index in [1.165, 1.54) is 12.5 Å². The quantitative estimate of drug-likeness (QED) is 0.840. The largest absolute Gasteiger partial charge is 0.379 e. The highest BCUT2D eigenvalue weighted by Crippen LogP contribution is 2.49. The van der Waals surface area contributed by atoms with E-state index in [1.807, 2.05) is 6.07 Å². The molecule has 25 heavy (non-hydrogen) atoms. The monoisotopic (exact) mass is 346 g/mol. The fourth-order valence-corrected chi connectivity index (χ4v) is 4.35.